The molecule has 0 spiro atoms. The number of aromatic nitrogens is 1. The van der Waals surface area contributed by atoms with E-state index in [1.165, 1.54) is 11.3 Å². The number of hydrogen-bond acceptors (Lipinski definition) is 7. The topological polar surface area (TPSA) is 86.8 Å². The van der Waals surface area contributed by atoms with Crippen LogP contribution in [0.1, 0.15) is 47.5 Å². The van der Waals surface area contributed by atoms with Gasteiger partial charge in [-0.3, -0.25) is 9.59 Å². The zero-order valence-corrected chi connectivity index (χ0v) is 20.5. The lowest BCUT2D eigenvalue weighted by molar-refractivity contribution is -0.152. The van der Waals surface area contributed by atoms with Crippen LogP contribution < -0.4 is 14.8 Å². The standard InChI is InChI=1S/C27H28N2O5S/c1-18-4-7-20(8-5-18)28-24(30)15-25-29-21(17-35-25)16-34-26(31)27(10-2-3-11-27)19-6-9-22-23(14-19)33-13-12-32-22/h4-9,14,17H,2-3,10-13,15-16H2,1H3,(H,28,30). The molecule has 7 nitrogen and oxygen atoms in total. The first-order chi connectivity index (χ1) is 17.0. The molecule has 182 valence electrons. The Bertz CT molecular complexity index is 1210. The number of anilines is 1. The van der Waals surface area contributed by atoms with E-state index in [-0.39, 0.29) is 24.9 Å². The number of amides is 1. The van der Waals surface area contributed by atoms with E-state index in [4.69, 9.17) is 14.2 Å². The van der Waals surface area contributed by atoms with E-state index < -0.39 is 5.41 Å². The van der Waals surface area contributed by atoms with Gasteiger partial charge in [0.15, 0.2) is 11.5 Å². The third-order valence-electron chi connectivity index (χ3n) is 6.54. The molecule has 0 radical (unpaired) electrons. The average Bonchev–Trinajstić information content (AvgIpc) is 3.54. The summed E-state index contributed by atoms with van der Waals surface area (Å²) in [6.07, 6.45) is 3.61. The smallest absolute Gasteiger partial charge is 0.316 e. The number of nitrogens with one attached hydrogen (secondary N) is 1. The summed E-state index contributed by atoms with van der Waals surface area (Å²) in [5, 5.41) is 5.41. The number of thiazole rings is 1. The highest BCUT2D eigenvalue weighted by Gasteiger charge is 2.44. The summed E-state index contributed by atoms with van der Waals surface area (Å²) in [6, 6.07) is 13.4. The summed E-state index contributed by atoms with van der Waals surface area (Å²) in [5.74, 6) is 1.03. The average molecular weight is 493 g/mol. The van der Waals surface area contributed by atoms with Gasteiger partial charge in [-0.2, -0.15) is 0 Å². The number of nitrogens with zero attached hydrogens (tertiary/aromatic N) is 1. The molecule has 1 aromatic heterocycles. The van der Waals surface area contributed by atoms with Crippen molar-refractivity contribution in [2.75, 3.05) is 18.5 Å². The molecule has 8 heteroatoms. The highest BCUT2D eigenvalue weighted by Crippen LogP contribution is 2.45. The molecule has 1 amide bonds. The molecular weight excluding hydrogens is 464 g/mol. The SMILES string of the molecule is Cc1ccc(NC(=O)Cc2nc(COC(=O)C3(c4ccc5c(c4)OCCO5)CCCC3)cs2)cc1. The molecule has 5 rings (SSSR count). The van der Waals surface area contributed by atoms with Crippen molar-refractivity contribution in [2.24, 2.45) is 0 Å². The Labute approximate surface area is 208 Å². The van der Waals surface area contributed by atoms with Crippen molar-refractivity contribution in [1.29, 1.82) is 0 Å². The summed E-state index contributed by atoms with van der Waals surface area (Å²) < 4.78 is 17.1. The number of rotatable bonds is 7. The number of fused-ring (bicyclic) bond motifs is 1. The second-order valence-electron chi connectivity index (χ2n) is 9.05. The van der Waals surface area contributed by atoms with Crippen LogP contribution in [0, 0.1) is 6.92 Å². The van der Waals surface area contributed by atoms with Gasteiger partial charge in [0.1, 0.15) is 24.8 Å². The maximum Gasteiger partial charge on any atom is 0.316 e. The Hall–Kier alpha value is -3.39. The van der Waals surface area contributed by atoms with Crippen molar-refractivity contribution >= 4 is 28.9 Å². The van der Waals surface area contributed by atoms with Crippen molar-refractivity contribution in [3.05, 3.63) is 69.7 Å². The fourth-order valence-corrected chi connectivity index (χ4v) is 5.46. The number of benzene rings is 2. The van der Waals surface area contributed by atoms with Crippen LogP contribution in [0.5, 0.6) is 11.5 Å². The van der Waals surface area contributed by atoms with E-state index >= 15 is 0 Å². The second-order valence-corrected chi connectivity index (χ2v) is 9.99. The summed E-state index contributed by atoms with van der Waals surface area (Å²) in [6.45, 7) is 3.12. The van der Waals surface area contributed by atoms with Crippen LogP contribution in [-0.2, 0) is 32.8 Å². The fourth-order valence-electron chi connectivity index (χ4n) is 4.68. The third kappa shape index (κ3) is 5.17. The molecule has 1 N–H and O–H groups in total. The minimum Gasteiger partial charge on any atom is -0.486 e. The molecule has 1 saturated carbocycles. The number of aryl methyl sites for hydroxylation is 1. The van der Waals surface area contributed by atoms with Crippen LogP contribution in [0.3, 0.4) is 0 Å². The van der Waals surface area contributed by atoms with E-state index in [1.54, 1.807) is 0 Å². The van der Waals surface area contributed by atoms with Crippen molar-refractivity contribution < 1.29 is 23.8 Å². The molecule has 2 heterocycles. The maximum absolute atomic E-state index is 13.3. The first kappa shape index (κ1) is 23.4. The quantitative estimate of drug-likeness (QED) is 0.469. The predicted octanol–water partition coefficient (Wildman–Crippen LogP) is 4.96. The molecule has 2 aliphatic rings. The first-order valence-electron chi connectivity index (χ1n) is 11.9. The molecule has 3 aromatic rings. The van der Waals surface area contributed by atoms with Gasteiger partial charge in [0, 0.05) is 11.1 Å². The number of esters is 1. The van der Waals surface area contributed by atoms with Gasteiger partial charge in [-0.1, -0.05) is 36.6 Å². The van der Waals surface area contributed by atoms with E-state index in [2.05, 4.69) is 10.3 Å². The zero-order valence-electron chi connectivity index (χ0n) is 19.7. The molecule has 0 bridgehead atoms. The fraction of sp³-hybridized carbons (Fsp3) is 0.370. The zero-order chi connectivity index (χ0) is 24.3. The Kier molecular flexibility index (Phi) is 6.72. The van der Waals surface area contributed by atoms with Gasteiger partial charge < -0.3 is 19.5 Å². The highest BCUT2D eigenvalue weighted by molar-refractivity contribution is 7.09. The number of hydrogen-bond donors (Lipinski definition) is 1. The van der Waals surface area contributed by atoms with Crippen molar-refractivity contribution in [1.82, 2.24) is 4.98 Å². The third-order valence-corrected chi connectivity index (χ3v) is 7.44. The predicted molar refractivity (Wildman–Crippen MR) is 133 cm³/mol. The number of ether oxygens (including phenoxy) is 3. The molecule has 0 atom stereocenters. The summed E-state index contributed by atoms with van der Waals surface area (Å²) in [4.78, 5) is 30.2. The Morgan fingerprint density at radius 2 is 1.80 bits per heavy atom. The van der Waals surface area contributed by atoms with Crippen LogP contribution in [-0.4, -0.2) is 30.1 Å². The Morgan fingerprint density at radius 3 is 2.57 bits per heavy atom. The Balaban J connectivity index is 1.21. The first-order valence-corrected chi connectivity index (χ1v) is 12.8. The molecule has 1 aliphatic heterocycles. The molecule has 1 fully saturated rings. The second kappa shape index (κ2) is 10.1. The van der Waals surface area contributed by atoms with Crippen molar-refractivity contribution in [3.63, 3.8) is 0 Å². The molecule has 35 heavy (non-hydrogen) atoms. The van der Waals surface area contributed by atoms with Crippen LogP contribution in [0.25, 0.3) is 0 Å². The van der Waals surface area contributed by atoms with Gasteiger partial charge >= 0.3 is 5.97 Å². The molecule has 2 aromatic carbocycles. The molecular formula is C27H28N2O5S. The van der Waals surface area contributed by atoms with E-state index in [1.807, 2.05) is 54.8 Å². The molecule has 1 aliphatic carbocycles. The van der Waals surface area contributed by atoms with E-state index in [9.17, 15) is 9.59 Å². The summed E-state index contributed by atoms with van der Waals surface area (Å²) in [5.41, 5.74) is 2.78. The number of carbonyl (C=O) groups excluding carboxylic acids is 2. The maximum atomic E-state index is 13.3. The van der Waals surface area contributed by atoms with Gasteiger partial charge in [0.05, 0.1) is 17.5 Å². The number of carbonyl (C=O) groups is 2. The lowest BCUT2D eigenvalue weighted by Gasteiger charge is -2.28. The van der Waals surface area contributed by atoms with E-state index in [0.717, 1.165) is 42.5 Å². The summed E-state index contributed by atoms with van der Waals surface area (Å²) in [7, 11) is 0. The minimum absolute atomic E-state index is 0.0845. The highest BCUT2D eigenvalue weighted by atomic mass is 32.1. The van der Waals surface area contributed by atoms with Gasteiger partial charge in [-0.15, -0.1) is 11.3 Å². The van der Waals surface area contributed by atoms with Crippen LogP contribution in [0.2, 0.25) is 0 Å². The molecule has 0 unspecified atom stereocenters. The van der Waals surface area contributed by atoms with Gasteiger partial charge in [-0.05, 0) is 49.6 Å². The largest absolute Gasteiger partial charge is 0.486 e. The normalized spacial score (nSPS) is 16.0. The van der Waals surface area contributed by atoms with Crippen molar-refractivity contribution in [2.45, 2.75) is 51.0 Å². The van der Waals surface area contributed by atoms with Crippen LogP contribution >= 0.6 is 11.3 Å². The van der Waals surface area contributed by atoms with Crippen LogP contribution in [0.15, 0.2) is 47.8 Å². The monoisotopic (exact) mass is 492 g/mol. The lowest BCUT2D eigenvalue weighted by atomic mass is 9.78. The van der Waals surface area contributed by atoms with E-state index in [0.29, 0.717) is 35.4 Å². The summed E-state index contributed by atoms with van der Waals surface area (Å²) >= 11 is 1.39. The van der Waals surface area contributed by atoms with Crippen molar-refractivity contribution in [3.8, 4) is 11.5 Å². The minimum atomic E-state index is -0.678. The molecule has 0 saturated heterocycles. The van der Waals surface area contributed by atoms with Crippen LogP contribution in [0.4, 0.5) is 5.69 Å². The lowest BCUT2D eigenvalue weighted by Crippen LogP contribution is -2.35. The van der Waals surface area contributed by atoms with Gasteiger partial charge in [0.2, 0.25) is 5.91 Å². The Morgan fingerprint density at radius 1 is 1.06 bits per heavy atom. The van der Waals surface area contributed by atoms with Gasteiger partial charge in [0.25, 0.3) is 0 Å². The van der Waals surface area contributed by atoms with Gasteiger partial charge in [-0.25, -0.2) is 4.98 Å².